The largest absolute Gasteiger partial charge is 0.365 e. The Labute approximate surface area is 75.8 Å². The molecule has 70 valence electrons. The van der Waals surface area contributed by atoms with Gasteiger partial charge in [0.05, 0.1) is 6.04 Å². The van der Waals surface area contributed by atoms with E-state index in [4.69, 9.17) is 0 Å². The Morgan fingerprint density at radius 2 is 2.31 bits per heavy atom. The lowest BCUT2D eigenvalue weighted by atomic mass is 10.1. The molecule has 1 N–H and O–H groups in total. The van der Waals surface area contributed by atoms with Crippen LogP contribution in [0, 0.1) is 5.95 Å². The molecular weight excluding hydrogens is 171 g/mol. The van der Waals surface area contributed by atoms with Gasteiger partial charge in [-0.15, -0.1) is 0 Å². The van der Waals surface area contributed by atoms with E-state index in [1.165, 1.54) is 12.4 Å². The number of hydrogen-bond acceptors (Lipinski definition) is 4. The number of nitrogens with zero attached hydrogens (tertiary/aromatic N) is 3. The molecule has 2 rings (SSSR count). The lowest BCUT2D eigenvalue weighted by Crippen LogP contribution is -2.52. The maximum atomic E-state index is 12.6. The van der Waals surface area contributed by atoms with E-state index in [1.54, 1.807) is 0 Å². The maximum Gasteiger partial charge on any atom is 0.217 e. The van der Waals surface area contributed by atoms with Crippen molar-refractivity contribution in [1.82, 2.24) is 14.9 Å². The molecule has 0 aliphatic carbocycles. The van der Waals surface area contributed by atoms with Gasteiger partial charge >= 0.3 is 0 Å². The van der Waals surface area contributed by atoms with Gasteiger partial charge in [0.25, 0.3) is 0 Å². The van der Waals surface area contributed by atoms with Crippen LogP contribution in [0.4, 0.5) is 10.2 Å². The van der Waals surface area contributed by atoms with Gasteiger partial charge in [0.2, 0.25) is 5.95 Å². The van der Waals surface area contributed by atoms with Crippen molar-refractivity contribution in [3.8, 4) is 0 Å². The number of anilines is 1. The highest BCUT2D eigenvalue weighted by molar-refractivity contribution is 5.34. The summed E-state index contributed by atoms with van der Waals surface area (Å²) >= 11 is 0. The summed E-state index contributed by atoms with van der Waals surface area (Å²) in [5.41, 5.74) is 0. The van der Waals surface area contributed by atoms with Crippen LogP contribution in [0.5, 0.6) is 0 Å². The van der Waals surface area contributed by atoms with E-state index in [0.29, 0.717) is 11.9 Å². The van der Waals surface area contributed by atoms with E-state index in [0.717, 1.165) is 13.1 Å². The molecule has 0 amide bonds. The van der Waals surface area contributed by atoms with E-state index in [9.17, 15) is 4.39 Å². The average Bonchev–Trinajstić information content (AvgIpc) is 2.01. The molecule has 4 nitrogen and oxygen atoms in total. The molecule has 0 saturated carbocycles. The lowest BCUT2D eigenvalue weighted by Gasteiger charge is -2.36. The molecule has 1 aliphatic heterocycles. The summed E-state index contributed by atoms with van der Waals surface area (Å²) in [6.07, 6.45) is 1.22. The van der Waals surface area contributed by atoms with E-state index < -0.39 is 5.95 Å². The molecule has 5 heteroatoms. The Morgan fingerprint density at radius 3 is 2.92 bits per heavy atom. The summed E-state index contributed by atoms with van der Waals surface area (Å²) in [7, 11) is 2.04. The Balaban J connectivity index is 1.94. The van der Waals surface area contributed by atoms with E-state index in [2.05, 4.69) is 20.2 Å². The first-order chi connectivity index (χ1) is 6.24. The SMILES string of the molecule is CN1CC(Nc2cc(F)ncn2)C1. The Kier molecular flexibility index (Phi) is 2.10. The molecule has 0 atom stereocenters. The summed E-state index contributed by atoms with van der Waals surface area (Å²) in [5, 5.41) is 3.12. The van der Waals surface area contributed by atoms with Gasteiger partial charge in [0.15, 0.2) is 0 Å². The van der Waals surface area contributed by atoms with Gasteiger partial charge in [-0.3, -0.25) is 0 Å². The van der Waals surface area contributed by atoms with Crippen LogP contribution < -0.4 is 5.32 Å². The van der Waals surface area contributed by atoms with Crippen LogP contribution in [0.25, 0.3) is 0 Å². The first-order valence-corrected chi connectivity index (χ1v) is 4.16. The van der Waals surface area contributed by atoms with Crippen molar-refractivity contribution in [3.63, 3.8) is 0 Å². The molecule has 1 aliphatic rings. The number of likely N-dealkylation sites (tertiary alicyclic amines) is 1. The predicted octanol–water partition coefficient (Wildman–Crippen LogP) is 0.342. The fraction of sp³-hybridized carbons (Fsp3) is 0.500. The quantitative estimate of drug-likeness (QED) is 0.670. The number of rotatable bonds is 2. The number of nitrogens with one attached hydrogen (secondary N) is 1. The molecule has 13 heavy (non-hydrogen) atoms. The second-order valence-corrected chi connectivity index (χ2v) is 3.29. The van der Waals surface area contributed by atoms with Crippen molar-refractivity contribution in [1.29, 1.82) is 0 Å². The Hall–Kier alpha value is -1.23. The predicted molar refractivity (Wildman–Crippen MR) is 46.9 cm³/mol. The average molecular weight is 182 g/mol. The first-order valence-electron chi connectivity index (χ1n) is 4.16. The molecule has 1 saturated heterocycles. The van der Waals surface area contributed by atoms with Gasteiger partial charge in [-0.1, -0.05) is 0 Å². The third kappa shape index (κ3) is 1.92. The zero-order chi connectivity index (χ0) is 9.26. The molecule has 2 heterocycles. The highest BCUT2D eigenvalue weighted by Gasteiger charge is 2.22. The number of hydrogen-bond donors (Lipinski definition) is 1. The molecule has 0 bridgehead atoms. The zero-order valence-corrected chi connectivity index (χ0v) is 7.37. The third-order valence-electron chi connectivity index (χ3n) is 2.05. The standard InChI is InChI=1S/C8H11FN4/c1-13-3-6(4-13)12-8-2-7(9)10-5-11-8/h2,5-6H,3-4H2,1H3,(H,10,11,12). The first kappa shape index (κ1) is 8.37. The number of likely N-dealkylation sites (N-methyl/N-ethyl adjacent to an activating group) is 1. The smallest absolute Gasteiger partial charge is 0.217 e. The summed E-state index contributed by atoms with van der Waals surface area (Å²) in [4.78, 5) is 9.46. The van der Waals surface area contributed by atoms with Gasteiger partial charge < -0.3 is 10.2 Å². The summed E-state index contributed by atoms with van der Waals surface area (Å²) in [5.74, 6) is 0.0655. The van der Waals surface area contributed by atoms with Crippen LogP contribution >= 0.6 is 0 Å². The van der Waals surface area contributed by atoms with Crippen molar-refractivity contribution in [3.05, 3.63) is 18.3 Å². The van der Waals surface area contributed by atoms with Crippen LogP contribution in [-0.2, 0) is 0 Å². The minimum atomic E-state index is -0.495. The molecule has 1 aromatic rings. The summed E-state index contributed by atoms with van der Waals surface area (Å²) < 4.78 is 12.6. The fourth-order valence-electron chi connectivity index (χ4n) is 1.41. The lowest BCUT2D eigenvalue weighted by molar-refractivity contribution is 0.205. The highest BCUT2D eigenvalue weighted by atomic mass is 19.1. The topological polar surface area (TPSA) is 41.0 Å². The Morgan fingerprint density at radius 1 is 1.54 bits per heavy atom. The van der Waals surface area contributed by atoms with Crippen LogP contribution in [-0.4, -0.2) is 41.0 Å². The van der Waals surface area contributed by atoms with E-state index >= 15 is 0 Å². The fourth-order valence-corrected chi connectivity index (χ4v) is 1.41. The minimum Gasteiger partial charge on any atom is -0.365 e. The minimum absolute atomic E-state index is 0.388. The molecule has 0 spiro atoms. The molecule has 0 unspecified atom stereocenters. The van der Waals surface area contributed by atoms with Gasteiger partial charge in [0, 0.05) is 19.2 Å². The van der Waals surface area contributed by atoms with Crippen LogP contribution in [0.3, 0.4) is 0 Å². The molecule has 0 radical (unpaired) electrons. The van der Waals surface area contributed by atoms with Crippen LogP contribution in [0.2, 0.25) is 0 Å². The summed E-state index contributed by atoms with van der Waals surface area (Å²) in [6, 6.07) is 1.69. The van der Waals surface area contributed by atoms with Gasteiger partial charge in [-0.2, -0.15) is 4.39 Å². The zero-order valence-electron chi connectivity index (χ0n) is 7.37. The van der Waals surface area contributed by atoms with Crippen molar-refractivity contribution < 1.29 is 4.39 Å². The van der Waals surface area contributed by atoms with Gasteiger partial charge in [0.1, 0.15) is 12.1 Å². The van der Waals surface area contributed by atoms with Gasteiger partial charge in [-0.25, -0.2) is 9.97 Å². The monoisotopic (exact) mass is 182 g/mol. The second-order valence-electron chi connectivity index (χ2n) is 3.29. The number of halogens is 1. The second kappa shape index (κ2) is 3.26. The van der Waals surface area contributed by atoms with E-state index in [1.807, 2.05) is 7.05 Å². The van der Waals surface area contributed by atoms with Crippen LogP contribution in [0.1, 0.15) is 0 Å². The van der Waals surface area contributed by atoms with Crippen molar-refractivity contribution >= 4 is 5.82 Å². The highest BCUT2D eigenvalue weighted by Crippen LogP contribution is 2.11. The summed E-state index contributed by atoms with van der Waals surface area (Å²) in [6.45, 7) is 1.96. The molecule has 0 aromatic carbocycles. The third-order valence-corrected chi connectivity index (χ3v) is 2.05. The normalized spacial score (nSPS) is 18.3. The Bertz CT molecular complexity index is 298. The van der Waals surface area contributed by atoms with Crippen LogP contribution in [0.15, 0.2) is 12.4 Å². The van der Waals surface area contributed by atoms with Crippen molar-refractivity contribution in [2.45, 2.75) is 6.04 Å². The van der Waals surface area contributed by atoms with E-state index in [-0.39, 0.29) is 0 Å². The molecule has 1 aromatic heterocycles. The van der Waals surface area contributed by atoms with Crippen molar-refractivity contribution in [2.24, 2.45) is 0 Å². The van der Waals surface area contributed by atoms with Crippen molar-refractivity contribution in [2.75, 3.05) is 25.5 Å². The maximum absolute atomic E-state index is 12.6. The number of aromatic nitrogens is 2. The molecular formula is C8H11FN4. The van der Waals surface area contributed by atoms with Gasteiger partial charge in [-0.05, 0) is 7.05 Å². The molecule has 1 fully saturated rings.